The lowest BCUT2D eigenvalue weighted by Crippen LogP contribution is -2.23. The van der Waals surface area contributed by atoms with E-state index in [4.69, 9.17) is 0 Å². The first-order valence-corrected chi connectivity index (χ1v) is 9.04. The number of benzene rings is 1. The third kappa shape index (κ3) is 3.62. The van der Waals surface area contributed by atoms with E-state index in [2.05, 4.69) is 61.0 Å². The maximum Gasteiger partial charge on any atom is 0.178 e. The topological polar surface area (TPSA) is 34.0 Å². The molecule has 1 N–H and O–H groups in total. The number of carbonyl (C=O) groups is 1. The van der Waals surface area contributed by atoms with Gasteiger partial charge < -0.3 is 9.88 Å². The molecular weight excluding hydrogens is 296 g/mol. The molecule has 1 aromatic heterocycles. The largest absolute Gasteiger partial charge is 0.345 e. The Labute approximate surface area is 145 Å². The maximum absolute atomic E-state index is 12.6. The molecule has 0 saturated heterocycles. The molecule has 1 saturated carbocycles. The quantitative estimate of drug-likeness (QED) is 0.794. The first-order valence-electron chi connectivity index (χ1n) is 9.04. The number of aryl methyl sites for hydroxylation is 2. The normalized spacial score (nSPS) is 15.1. The van der Waals surface area contributed by atoms with E-state index in [1.165, 1.54) is 42.5 Å². The number of hydrogen-bond acceptors (Lipinski definition) is 2. The predicted octanol–water partition coefficient (Wildman–Crippen LogP) is 4.50. The van der Waals surface area contributed by atoms with Crippen LogP contribution in [0.4, 0.5) is 0 Å². The van der Waals surface area contributed by atoms with Crippen LogP contribution in [0.2, 0.25) is 0 Å². The number of rotatable bonds is 6. The van der Waals surface area contributed by atoms with Crippen molar-refractivity contribution in [1.29, 1.82) is 0 Å². The number of nitrogens with zero attached hydrogens (tertiary/aromatic N) is 1. The van der Waals surface area contributed by atoms with Crippen LogP contribution in [0.1, 0.15) is 64.6 Å². The Kier molecular flexibility index (Phi) is 5.20. The van der Waals surface area contributed by atoms with Crippen LogP contribution in [0.25, 0.3) is 0 Å². The van der Waals surface area contributed by atoms with Gasteiger partial charge in [0.05, 0.1) is 6.54 Å². The van der Waals surface area contributed by atoms with Crippen LogP contribution in [0.3, 0.4) is 0 Å². The van der Waals surface area contributed by atoms with E-state index in [1.54, 1.807) is 0 Å². The zero-order chi connectivity index (χ0) is 17.1. The van der Waals surface area contributed by atoms with Crippen LogP contribution in [0.5, 0.6) is 0 Å². The second-order valence-electron chi connectivity index (χ2n) is 7.11. The lowest BCUT2D eigenvalue weighted by atomic mass is 10.1. The van der Waals surface area contributed by atoms with Crippen molar-refractivity contribution in [1.82, 2.24) is 9.88 Å². The van der Waals surface area contributed by atoms with E-state index in [0.717, 1.165) is 17.8 Å². The van der Waals surface area contributed by atoms with E-state index in [1.807, 2.05) is 0 Å². The molecule has 1 aliphatic rings. The van der Waals surface area contributed by atoms with Gasteiger partial charge in [-0.05, 0) is 45.2 Å². The SMILES string of the molecule is Cc1ccc(CNCC(=O)c2cc(C)n(C3CCCC3)c2C)cc1. The van der Waals surface area contributed by atoms with Gasteiger partial charge in [0.25, 0.3) is 0 Å². The zero-order valence-corrected chi connectivity index (χ0v) is 15.1. The molecule has 1 aromatic carbocycles. The summed E-state index contributed by atoms with van der Waals surface area (Å²) in [6.07, 6.45) is 5.11. The van der Waals surface area contributed by atoms with Crippen molar-refractivity contribution in [2.24, 2.45) is 0 Å². The maximum atomic E-state index is 12.6. The minimum Gasteiger partial charge on any atom is -0.345 e. The van der Waals surface area contributed by atoms with Gasteiger partial charge in [-0.25, -0.2) is 0 Å². The highest BCUT2D eigenvalue weighted by Crippen LogP contribution is 2.33. The first-order chi connectivity index (χ1) is 11.6. The molecule has 2 aromatic rings. The van der Waals surface area contributed by atoms with Crippen molar-refractivity contribution in [3.8, 4) is 0 Å². The number of carbonyl (C=O) groups excluding carboxylic acids is 1. The van der Waals surface area contributed by atoms with Crippen molar-refractivity contribution >= 4 is 5.78 Å². The summed E-state index contributed by atoms with van der Waals surface area (Å²) in [5.74, 6) is 0.194. The van der Waals surface area contributed by atoms with Crippen molar-refractivity contribution in [2.75, 3.05) is 6.54 Å². The van der Waals surface area contributed by atoms with Crippen LogP contribution in [0.15, 0.2) is 30.3 Å². The van der Waals surface area contributed by atoms with Crippen molar-refractivity contribution in [3.05, 3.63) is 58.4 Å². The average molecular weight is 324 g/mol. The van der Waals surface area contributed by atoms with Gasteiger partial charge in [-0.1, -0.05) is 42.7 Å². The molecule has 128 valence electrons. The molecule has 1 aliphatic carbocycles. The van der Waals surface area contributed by atoms with Crippen LogP contribution >= 0.6 is 0 Å². The van der Waals surface area contributed by atoms with E-state index >= 15 is 0 Å². The van der Waals surface area contributed by atoms with Crippen molar-refractivity contribution in [3.63, 3.8) is 0 Å². The number of Topliss-reactive ketones (excluding diaryl/α,β-unsaturated/α-hetero) is 1. The number of nitrogens with one attached hydrogen (secondary N) is 1. The molecule has 3 nitrogen and oxygen atoms in total. The second-order valence-corrected chi connectivity index (χ2v) is 7.11. The average Bonchev–Trinajstić information content (AvgIpc) is 3.17. The van der Waals surface area contributed by atoms with E-state index in [-0.39, 0.29) is 5.78 Å². The van der Waals surface area contributed by atoms with Gasteiger partial charge in [0, 0.05) is 29.5 Å². The molecule has 3 heteroatoms. The lowest BCUT2D eigenvalue weighted by Gasteiger charge is -2.17. The third-order valence-electron chi connectivity index (χ3n) is 5.21. The molecule has 0 spiro atoms. The highest BCUT2D eigenvalue weighted by Gasteiger charge is 2.23. The van der Waals surface area contributed by atoms with E-state index in [0.29, 0.717) is 12.6 Å². The lowest BCUT2D eigenvalue weighted by molar-refractivity contribution is 0.0990. The summed E-state index contributed by atoms with van der Waals surface area (Å²) in [5.41, 5.74) is 5.72. The van der Waals surface area contributed by atoms with Gasteiger partial charge in [0.15, 0.2) is 5.78 Å². The van der Waals surface area contributed by atoms with E-state index < -0.39 is 0 Å². The predicted molar refractivity (Wildman–Crippen MR) is 98.6 cm³/mol. The summed E-state index contributed by atoms with van der Waals surface area (Å²) in [6.45, 7) is 7.43. The Balaban J connectivity index is 1.62. The molecule has 0 unspecified atom stereocenters. The van der Waals surface area contributed by atoms with Crippen molar-refractivity contribution in [2.45, 2.75) is 59.0 Å². The Morgan fingerprint density at radius 2 is 1.79 bits per heavy atom. The van der Waals surface area contributed by atoms with Crippen LogP contribution in [0, 0.1) is 20.8 Å². The Bertz CT molecular complexity index is 706. The van der Waals surface area contributed by atoms with Crippen molar-refractivity contribution < 1.29 is 4.79 Å². The molecule has 0 aliphatic heterocycles. The van der Waals surface area contributed by atoms with E-state index in [9.17, 15) is 4.79 Å². The summed E-state index contributed by atoms with van der Waals surface area (Å²) in [7, 11) is 0. The summed E-state index contributed by atoms with van der Waals surface area (Å²) < 4.78 is 2.39. The van der Waals surface area contributed by atoms with Gasteiger partial charge in [-0.2, -0.15) is 0 Å². The Morgan fingerprint density at radius 1 is 1.12 bits per heavy atom. The fourth-order valence-corrected chi connectivity index (χ4v) is 3.91. The molecule has 0 radical (unpaired) electrons. The first kappa shape index (κ1) is 17.0. The summed E-state index contributed by atoms with van der Waals surface area (Å²) in [5, 5.41) is 3.29. The summed E-state index contributed by atoms with van der Waals surface area (Å²) in [4.78, 5) is 12.6. The molecule has 0 bridgehead atoms. The fraction of sp³-hybridized carbons (Fsp3) is 0.476. The van der Waals surface area contributed by atoms with Gasteiger partial charge in [0.1, 0.15) is 0 Å². The molecule has 1 fully saturated rings. The fourth-order valence-electron chi connectivity index (χ4n) is 3.91. The van der Waals surface area contributed by atoms with Crippen LogP contribution < -0.4 is 5.32 Å². The minimum absolute atomic E-state index is 0.194. The molecule has 1 heterocycles. The second kappa shape index (κ2) is 7.35. The number of ketones is 1. The number of hydrogen-bond donors (Lipinski definition) is 1. The number of aromatic nitrogens is 1. The standard InChI is InChI=1S/C21H28N2O/c1-15-8-10-18(11-9-15)13-22-14-21(24)20-12-16(2)23(17(20)3)19-6-4-5-7-19/h8-12,19,22H,4-7,13-14H2,1-3H3. The molecule has 0 atom stereocenters. The molecular formula is C21H28N2O. The highest BCUT2D eigenvalue weighted by atomic mass is 16.1. The highest BCUT2D eigenvalue weighted by molar-refractivity contribution is 5.99. The van der Waals surface area contributed by atoms with Gasteiger partial charge in [-0.3, -0.25) is 4.79 Å². The third-order valence-corrected chi connectivity index (χ3v) is 5.21. The van der Waals surface area contributed by atoms with Crippen LogP contribution in [-0.2, 0) is 6.54 Å². The Hall–Kier alpha value is -1.87. The smallest absolute Gasteiger partial charge is 0.178 e. The van der Waals surface area contributed by atoms with Gasteiger partial charge >= 0.3 is 0 Å². The van der Waals surface area contributed by atoms with Gasteiger partial charge in [-0.15, -0.1) is 0 Å². The Morgan fingerprint density at radius 3 is 2.46 bits per heavy atom. The zero-order valence-electron chi connectivity index (χ0n) is 15.1. The summed E-state index contributed by atoms with van der Waals surface area (Å²) >= 11 is 0. The molecule has 0 amide bonds. The molecule has 3 rings (SSSR count). The van der Waals surface area contributed by atoms with Crippen LogP contribution in [-0.4, -0.2) is 16.9 Å². The monoisotopic (exact) mass is 324 g/mol. The van der Waals surface area contributed by atoms with Gasteiger partial charge in [0.2, 0.25) is 0 Å². The summed E-state index contributed by atoms with van der Waals surface area (Å²) in [6, 6.07) is 11.1. The minimum atomic E-state index is 0.194. The molecule has 24 heavy (non-hydrogen) atoms.